The second-order valence-electron chi connectivity index (χ2n) is 5.07. The van der Waals surface area contributed by atoms with Gasteiger partial charge in [-0.05, 0) is 32.0 Å². The van der Waals surface area contributed by atoms with E-state index < -0.39 is 33.0 Å². The summed E-state index contributed by atoms with van der Waals surface area (Å²) in [6.45, 7) is 3.39. The Morgan fingerprint density at radius 1 is 1.43 bits per heavy atom. The van der Waals surface area contributed by atoms with Crippen LogP contribution in [0.3, 0.4) is 0 Å². The number of carbonyl (C=O) groups excluding carboxylic acids is 1. The highest BCUT2D eigenvalue weighted by atomic mass is 35.5. The summed E-state index contributed by atoms with van der Waals surface area (Å²) >= 11 is 5.57. The van der Waals surface area contributed by atoms with Crippen LogP contribution in [-0.2, 0) is 9.84 Å². The van der Waals surface area contributed by atoms with Crippen LogP contribution in [0.1, 0.15) is 13.8 Å². The second kappa shape index (κ2) is 5.81. The number of hydrogen-bond donors (Lipinski definition) is 1. The van der Waals surface area contributed by atoms with Crippen LogP contribution in [0.2, 0.25) is 5.02 Å². The number of urea groups is 1. The molecule has 1 aromatic rings. The highest BCUT2D eigenvalue weighted by Crippen LogP contribution is 2.22. The molecular formula is C13H16ClFN2O3S. The third-order valence-corrected chi connectivity index (χ3v) is 6.37. The van der Waals surface area contributed by atoms with Crippen molar-refractivity contribution in [2.45, 2.75) is 25.1 Å². The van der Waals surface area contributed by atoms with Crippen molar-refractivity contribution >= 4 is 33.2 Å². The Hall–Kier alpha value is -1.34. The van der Waals surface area contributed by atoms with E-state index >= 15 is 0 Å². The average Bonchev–Trinajstić information content (AvgIpc) is 2.40. The van der Waals surface area contributed by atoms with E-state index in [9.17, 15) is 17.6 Å². The fraction of sp³-hybridized carbons (Fsp3) is 0.462. The maximum absolute atomic E-state index is 13.3. The number of nitrogens with zero attached hydrogens (tertiary/aromatic N) is 1. The average molecular weight is 335 g/mol. The Kier molecular flexibility index (Phi) is 4.43. The Morgan fingerprint density at radius 3 is 2.71 bits per heavy atom. The molecule has 116 valence electrons. The predicted molar refractivity (Wildman–Crippen MR) is 79.8 cm³/mol. The SMILES string of the molecule is C[C@H]1[C@H](C)S(=O)(=O)CCN1C(=O)Nc1ccc(Cl)c(F)c1. The molecule has 1 saturated heterocycles. The first-order chi connectivity index (χ1) is 9.72. The van der Waals surface area contributed by atoms with Crippen molar-refractivity contribution in [2.75, 3.05) is 17.6 Å². The van der Waals surface area contributed by atoms with E-state index in [0.29, 0.717) is 0 Å². The first kappa shape index (κ1) is 16.0. The van der Waals surface area contributed by atoms with Gasteiger partial charge < -0.3 is 10.2 Å². The summed E-state index contributed by atoms with van der Waals surface area (Å²) in [6.07, 6.45) is 0. The number of halogens is 2. The quantitative estimate of drug-likeness (QED) is 0.858. The van der Waals surface area contributed by atoms with Crippen LogP contribution in [0.25, 0.3) is 0 Å². The summed E-state index contributed by atoms with van der Waals surface area (Å²) in [7, 11) is -3.16. The number of benzene rings is 1. The first-order valence-electron chi connectivity index (χ1n) is 6.46. The van der Waals surface area contributed by atoms with Crippen LogP contribution >= 0.6 is 11.6 Å². The minimum absolute atomic E-state index is 0.0287. The van der Waals surface area contributed by atoms with Crippen molar-refractivity contribution in [1.82, 2.24) is 4.90 Å². The van der Waals surface area contributed by atoms with Crippen LogP contribution in [0.5, 0.6) is 0 Å². The molecule has 5 nitrogen and oxygen atoms in total. The summed E-state index contributed by atoms with van der Waals surface area (Å²) in [5.74, 6) is -0.696. The molecule has 1 aliphatic rings. The number of amides is 2. The van der Waals surface area contributed by atoms with Gasteiger partial charge in [0.1, 0.15) is 5.82 Å². The number of rotatable bonds is 1. The minimum Gasteiger partial charge on any atom is -0.320 e. The molecular weight excluding hydrogens is 319 g/mol. The highest BCUT2D eigenvalue weighted by Gasteiger charge is 2.38. The van der Waals surface area contributed by atoms with Gasteiger partial charge in [0.25, 0.3) is 0 Å². The van der Waals surface area contributed by atoms with Gasteiger partial charge in [-0.15, -0.1) is 0 Å². The molecule has 1 aliphatic heterocycles. The van der Waals surface area contributed by atoms with Crippen LogP contribution in [0, 0.1) is 5.82 Å². The summed E-state index contributed by atoms with van der Waals surface area (Å²) in [5, 5.41) is 1.90. The van der Waals surface area contributed by atoms with Gasteiger partial charge in [-0.3, -0.25) is 0 Å². The largest absolute Gasteiger partial charge is 0.322 e. The van der Waals surface area contributed by atoms with Gasteiger partial charge in [0, 0.05) is 18.3 Å². The molecule has 0 aromatic heterocycles. The van der Waals surface area contributed by atoms with E-state index in [-0.39, 0.29) is 23.0 Å². The molecule has 1 aromatic carbocycles. The van der Waals surface area contributed by atoms with Crippen LogP contribution in [-0.4, -0.2) is 42.9 Å². The lowest BCUT2D eigenvalue weighted by Gasteiger charge is -2.37. The molecule has 1 N–H and O–H groups in total. The van der Waals surface area contributed by atoms with E-state index in [2.05, 4.69) is 5.32 Å². The zero-order valence-electron chi connectivity index (χ0n) is 11.6. The van der Waals surface area contributed by atoms with Crippen molar-refractivity contribution in [2.24, 2.45) is 0 Å². The fourth-order valence-corrected chi connectivity index (χ4v) is 3.91. The van der Waals surface area contributed by atoms with Crippen molar-refractivity contribution in [3.63, 3.8) is 0 Å². The molecule has 2 atom stereocenters. The van der Waals surface area contributed by atoms with Gasteiger partial charge in [-0.25, -0.2) is 17.6 Å². The Labute approximate surface area is 128 Å². The molecule has 0 bridgehead atoms. The van der Waals surface area contributed by atoms with E-state index in [1.807, 2.05) is 0 Å². The van der Waals surface area contributed by atoms with E-state index in [4.69, 9.17) is 11.6 Å². The normalized spacial score (nSPS) is 24.7. The Bertz CT molecular complexity index is 665. The fourth-order valence-electron chi connectivity index (χ4n) is 2.22. The maximum atomic E-state index is 13.3. The van der Waals surface area contributed by atoms with Gasteiger partial charge in [0.15, 0.2) is 9.84 Å². The van der Waals surface area contributed by atoms with E-state index in [0.717, 1.165) is 6.07 Å². The summed E-state index contributed by atoms with van der Waals surface area (Å²) < 4.78 is 36.9. The van der Waals surface area contributed by atoms with Crippen molar-refractivity contribution in [3.8, 4) is 0 Å². The number of nitrogens with one attached hydrogen (secondary N) is 1. The lowest BCUT2D eigenvalue weighted by atomic mass is 10.2. The number of hydrogen-bond acceptors (Lipinski definition) is 3. The number of carbonyl (C=O) groups is 1. The molecule has 0 spiro atoms. The van der Waals surface area contributed by atoms with E-state index in [1.165, 1.54) is 17.0 Å². The smallest absolute Gasteiger partial charge is 0.320 e. The Morgan fingerprint density at radius 2 is 2.10 bits per heavy atom. The van der Waals surface area contributed by atoms with Crippen molar-refractivity contribution in [3.05, 3.63) is 29.0 Å². The molecule has 8 heteroatoms. The monoisotopic (exact) mass is 334 g/mol. The standard InChI is InChI=1S/C13H16ClFN2O3S/c1-8-9(2)21(19,20)6-5-17(8)13(18)16-10-3-4-11(14)12(15)7-10/h3-4,7-9H,5-6H2,1-2H3,(H,16,18)/t8-,9-/m0/s1. The molecule has 0 aliphatic carbocycles. The molecule has 1 fully saturated rings. The molecule has 2 amide bonds. The van der Waals surface area contributed by atoms with Crippen molar-refractivity contribution in [1.29, 1.82) is 0 Å². The molecule has 2 rings (SSSR count). The number of sulfone groups is 1. The lowest BCUT2D eigenvalue weighted by molar-refractivity contribution is 0.191. The van der Waals surface area contributed by atoms with Gasteiger partial charge in [-0.1, -0.05) is 11.6 Å². The summed E-state index contributed by atoms with van der Waals surface area (Å²) in [4.78, 5) is 13.6. The minimum atomic E-state index is -3.16. The molecule has 0 radical (unpaired) electrons. The zero-order chi connectivity index (χ0) is 15.8. The highest BCUT2D eigenvalue weighted by molar-refractivity contribution is 7.92. The predicted octanol–water partition coefficient (Wildman–Crippen LogP) is 2.52. The molecule has 1 heterocycles. The molecule has 21 heavy (non-hydrogen) atoms. The third-order valence-electron chi connectivity index (χ3n) is 3.79. The summed E-state index contributed by atoms with van der Waals surface area (Å²) in [6, 6.07) is 3.05. The van der Waals surface area contributed by atoms with Crippen LogP contribution in [0.15, 0.2) is 18.2 Å². The second-order valence-corrected chi connectivity index (χ2v) is 7.95. The van der Waals surface area contributed by atoms with Crippen molar-refractivity contribution < 1.29 is 17.6 Å². The van der Waals surface area contributed by atoms with Gasteiger partial charge in [0.2, 0.25) is 0 Å². The molecule has 0 saturated carbocycles. The zero-order valence-corrected chi connectivity index (χ0v) is 13.2. The van der Waals surface area contributed by atoms with Gasteiger partial charge in [0.05, 0.1) is 16.0 Å². The first-order valence-corrected chi connectivity index (χ1v) is 8.56. The Balaban J connectivity index is 2.12. The lowest BCUT2D eigenvalue weighted by Crippen LogP contribution is -2.55. The number of anilines is 1. The van der Waals surface area contributed by atoms with Gasteiger partial charge in [-0.2, -0.15) is 0 Å². The van der Waals surface area contributed by atoms with Crippen LogP contribution < -0.4 is 5.32 Å². The summed E-state index contributed by atoms with van der Waals surface area (Å²) in [5.41, 5.74) is 0.273. The third kappa shape index (κ3) is 3.29. The molecule has 0 unspecified atom stereocenters. The maximum Gasteiger partial charge on any atom is 0.322 e. The topological polar surface area (TPSA) is 66.5 Å². The van der Waals surface area contributed by atoms with Crippen LogP contribution in [0.4, 0.5) is 14.9 Å². The van der Waals surface area contributed by atoms with Gasteiger partial charge >= 0.3 is 6.03 Å². The van der Waals surface area contributed by atoms with E-state index in [1.54, 1.807) is 13.8 Å².